The van der Waals surface area contributed by atoms with Crippen LogP contribution in [0.4, 0.5) is 14.4 Å². The van der Waals surface area contributed by atoms with Gasteiger partial charge in [-0.25, -0.2) is 29.0 Å². The Bertz CT molecular complexity index is 1370. The van der Waals surface area contributed by atoms with Gasteiger partial charge in [0, 0.05) is 0 Å². The molecule has 45 heavy (non-hydrogen) atoms. The predicted molar refractivity (Wildman–Crippen MR) is 155 cm³/mol. The summed E-state index contributed by atoms with van der Waals surface area (Å²) in [4.78, 5) is 92.7. The maximum Gasteiger partial charge on any atom is 0.417 e. The summed E-state index contributed by atoms with van der Waals surface area (Å²) >= 11 is 0. The number of esters is 1. The zero-order chi connectivity index (χ0) is 34.1. The third-order valence-corrected chi connectivity index (χ3v) is 6.90. The monoisotopic (exact) mass is 632 g/mol. The first kappa shape index (κ1) is 34.8. The molecule has 15 nitrogen and oxygen atoms in total. The molecule has 2 heterocycles. The summed E-state index contributed by atoms with van der Waals surface area (Å²) in [6, 6.07) is 5.76. The van der Waals surface area contributed by atoms with E-state index in [4.69, 9.17) is 18.9 Å². The number of alkyl carbamates (subject to hydrolysis) is 1. The summed E-state index contributed by atoms with van der Waals surface area (Å²) in [5.41, 5.74) is -3.77. The summed E-state index contributed by atoms with van der Waals surface area (Å²) in [7, 11) is 0. The predicted octanol–water partition coefficient (Wildman–Crippen LogP) is 2.40. The van der Waals surface area contributed by atoms with Crippen molar-refractivity contribution < 1.29 is 52.5 Å². The topological polar surface area (TPSA) is 187 Å². The minimum absolute atomic E-state index is 0.115. The zero-order valence-corrected chi connectivity index (χ0v) is 26.8. The van der Waals surface area contributed by atoms with E-state index in [2.05, 4.69) is 10.6 Å². The van der Waals surface area contributed by atoms with Gasteiger partial charge in [-0.15, -0.1) is 0 Å². The number of ether oxygens (including phenoxy) is 4. The molecule has 0 radical (unpaired) electrons. The number of carbonyl (C=O) groups is 7. The smallest absolute Gasteiger partial charge is 0.417 e. The normalized spacial score (nSPS) is 21.9. The number of hydrogen-bond acceptors (Lipinski definition) is 11. The largest absolute Gasteiger partial charge is 0.459 e. The standard InChI is InChI=1S/C30H40N4O11/c1-16-19(33(26(40)43-16)24(38)30(8,9)32-25(39)45-28(3,4)5)21(35)31-29(6,7)23(37)34-20(17(2)44-27(34)41)22(36)42-15-18-13-11-10-12-14-18/h10-14,16-17,19-20H,15H2,1-9H3,(H,31,35)(H,32,39)/t16-,17-,19+,20+/m1/s1. The number of nitrogens with zero attached hydrogens (tertiary/aromatic N) is 2. The van der Waals surface area contributed by atoms with Crippen molar-refractivity contribution in [3.63, 3.8) is 0 Å². The molecule has 15 heteroatoms. The van der Waals surface area contributed by atoms with Gasteiger partial charge in [0.25, 0.3) is 11.8 Å². The van der Waals surface area contributed by atoms with Crippen molar-refractivity contribution in [3.8, 4) is 0 Å². The van der Waals surface area contributed by atoms with Crippen molar-refractivity contribution in [2.45, 2.75) is 110 Å². The number of cyclic esters (lactones) is 2. The van der Waals surface area contributed by atoms with Gasteiger partial charge in [-0.05, 0) is 67.9 Å². The van der Waals surface area contributed by atoms with Crippen LogP contribution in [0, 0.1) is 0 Å². The number of nitrogens with one attached hydrogen (secondary N) is 2. The molecule has 0 aliphatic carbocycles. The van der Waals surface area contributed by atoms with Crippen LogP contribution in [0.2, 0.25) is 0 Å². The van der Waals surface area contributed by atoms with E-state index >= 15 is 0 Å². The average Bonchev–Trinajstić information content (AvgIpc) is 3.37. The number of rotatable bonds is 8. The molecular weight excluding hydrogens is 592 g/mol. The first-order valence-electron chi connectivity index (χ1n) is 14.3. The fourth-order valence-corrected chi connectivity index (χ4v) is 4.72. The van der Waals surface area contributed by atoms with Crippen LogP contribution in [0.15, 0.2) is 30.3 Å². The van der Waals surface area contributed by atoms with E-state index < -0.39 is 82.9 Å². The Morgan fingerprint density at radius 1 is 0.756 bits per heavy atom. The van der Waals surface area contributed by atoms with Crippen LogP contribution in [-0.4, -0.2) is 92.7 Å². The van der Waals surface area contributed by atoms with E-state index in [1.165, 1.54) is 41.5 Å². The molecule has 0 spiro atoms. The fourth-order valence-electron chi connectivity index (χ4n) is 4.72. The average molecular weight is 633 g/mol. The van der Waals surface area contributed by atoms with Crippen molar-refractivity contribution in [2.24, 2.45) is 0 Å². The number of carbonyl (C=O) groups excluding carboxylic acids is 7. The minimum Gasteiger partial charge on any atom is -0.459 e. The number of benzene rings is 1. The van der Waals surface area contributed by atoms with Crippen LogP contribution < -0.4 is 10.6 Å². The molecule has 2 N–H and O–H groups in total. The number of hydrogen-bond donors (Lipinski definition) is 2. The van der Waals surface area contributed by atoms with E-state index in [1.54, 1.807) is 51.1 Å². The van der Waals surface area contributed by atoms with E-state index in [9.17, 15) is 33.6 Å². The Morgan fingerprint density at radius 3 is 1.73 bits per heavy atom. The first-order valence-corrected chi connectivity index (χ1v) is 14.3. The second-order valence-electron chi connectivity index (χ2n) is 12.9. The lowest BCUT2D eigenvalue weighted by Gasteiger charge is -2.34. The third kappa shape index (κ3) is 7.88. The molecule has 2 saturated heterocycles. The van der Waals surface area contributed by atoms with Gasteiger partial charge >= 0.3 is 24.2 Å². The minimum atomic E-state index is -1.86. The third-order valence-electron chi connectivity index (χ3n) is 6.90. The van der Waals surface area contributed by atoms with Crippen LogP contribution in [-0.2, 0) is 44.7 Å². The molecule has 3 rings (SSSR count). The van der Waals surface area contributed by atoms with Gasteiger partial charge in [0.05, 0.1) is 0 Å². The van der Waals surface area contributed by atoms with Gasteiger partial charge in [0.1, 0.15) is 35.5 Å². The van der Waals surface area contributed by atoms with E-state index in [0.717, 1.165) is 0 Å². The van der Waals surface area contributed by atoms with Crippen LogP contribution in [0.5, 0.6) is 0 Å². The Labute approximate surface area is 260 Å². The summed E-state index contributed by atoms with van der Waals surface area (Å²) in [5, 5.41) is 4.84. The Morgan fingerprint density at radius 2 is 1.22 bits per heavy atom. The number of amides is 6. The molecule has 2 fully saturated rings. The van der Waals surface area contributed by atoms with Crippen molar-refractivity contribution in [3.05, 3.63) is 35.9 Å². The molecule has 0 unspecified atom stereocenters. The summed E-state index contributed by atoms with van der Waals surface area (Å²) in [6.07, 6.45) is -5.39. The lowest BCUT2D eigenvalue weighted by atomic mass is 9.98. The molecule has 1 aromatic carbocycles. The molecule has 6 amide bonds. The van der Waals surface area contributed by atoms with Crippen LogP contribution >= 0.6 is 0 Å². The second kappa shape index (κ2) is 12.7. The highest BCUT2D eigenvalue weighted by atomic mass is 16.6. The molecule has 2 aliphatic rings. The molecule has 0 saturated carbocycles. The highest BCUT2D eigenvalue weighted by molar-refractivity contribution is 6.07. The van der Waals surface area contributed by atoms with Gasteiger partial charge in [-0.1, -0.05) is 30.3 Å². The maximum atomic E-state index is 13.7. The van der Waals surface area contributed by atoms with E-state index in [1.807, 2.05) is 0 Å². The fraction of sp³-hybridized carbons (Fsp3) is 0.567. The Balaban J connectivity index is 1.78. The molecule has 0 bridgehead atoms. The first-order chi connectivity index (χ1) is 20.7. The molecule has 2 aliphatic heterocycles. The van der Waals surface area contributed by atoms with Crippen molar-refractivity contribution in [1.29, 1.82) is 0 Å². The van der Waals surface area contributed by atoms with E-state index in [-0.39, 0.29) is 6.61 Å². The molecule has 1 aromatic rings. The van der Waals surface area contributed by atoms with Gasteiger partial charge in [0.2, 0.25) is 5.91 Å². The van der Waals surface area contributed by atoms with Gasteiger partial charge < -0.3 is 29.6 Å². The summed E-state index contributed by atoms with van der Waals surface area (Å²) in [5.74, 6) is -3.86. The SMILES string of the molecule is C[C@H]1OC(=O)N(C(=O)C(C)(C)NC(=O)OC(C)(C)C)[C@@H]1C(=O)NC(C)(C)C(=O)N1C(=O)O[C@H](C)[C@H]1C(=O)OCc1ccccc1. The van der Waals surface area contributed by atoms with E-state index in [0.29, 0.717) is 15.4 Å². The highest BCUT2D eigenvalue weighted by Gasteiger charge is 2.55. The molecule has 4 atom stereocenters. The van der Waals surface area contributed by atoms with Crippen LogP contribution in [0.25, 0.3) is 0 Å². The molecule has 0 aromatic heterocycles. The zero-order valence-electron chi connectivity index (χ0n) is 26.8. The Hall–Kier alpha value is -4.69. The quantitative estimate of drug-likeness (QED) is 0.316. The van der Waals surface area contributed by atoms with Crippen LogP contribution in [0.3, 0.4) is 0 Å². The highest BCUT2D eigenvalue weighted by Crippen LogP contribution is 2.27. The molecule has 246 valence electrons. The summed E-state index contributed by atoms with van der Waals surface area (Å²) in [6.45, 7) is 12.7. The summed E-state index contributed by atoms with van der Waals surface area (Å²) < 4.78 is 20.9. The lowest BCUT2D eigenvalue weighted by molar-refractivity contribution is -0.155. The molecular formula is C30H40N4O11. The van der Waals surface area contributed by atoms with Crippen molar-refractivity contribution in [1.82, 2.24) is 20.4 Å². The van der Waals surface area contributed by atoms with Gasteiger partial charge in [-0.3, -0.25) is 14.4 Å². The van der Waals surface area contributed by atoms with Gasteiger partial charge in [0.15, 0.2) is 12.1 Å². The van der Waals surface area contributed by atoms with Crippen molar-refractivity contribution in [2.75, 3.05) is 0 Å². The van der Waals surface area contributed by atoms with Crippen molar-refractivity contribution >= 4 is 42.0 Å². The van der Waals surface area contributed by atoms with Crippen LogP contribution in [0.1, 0.15) is 67.9 Å². The number of imide groups is 2. The lowest BCUT2D eigenvalue weighted by Crippen LogP contribution is -2.65. The van der Waals surface area contributed by atoms with Gasteiger partial charge in [-0.2, -0.15) is 0 Å². The maximum absolute atomic E-state index is 13.7. The second-order valence-corrected chi connectivity index (χ2v) is 12.9. The Kier molecular flexibility index (Phi) is 9.85.